The van der Waals surface area contributed by atoms with Crippen LogP contribution in [0.2, 0.25) is 0 Å². The topological polar surface area (TPSA) is 105 Å². The summed E-state index contributed by atoms with van der Waals surface area (Å²) in [6, 6.07) is -1.15. The molecule has 0 saturated heterocycles. The summed E-state index contributed by atoms with van der Waals surface area (Å²) in [4.78, 5) is 10.9. The van der Waals surface area contributed by atoms with Crippen molar-refractivity contribution >= 4 is 16.2 Å². The number of hydrogen-bond acceptors (Lipinski definition) is 4. The summed E-state index contributed by atoms with van der Waals surface area (Å²) >= 11 is 0. The molecule has 8 heteroatoms. The Labute approximate surface area is 108 Å². The number of hydrogen-bond donors (Lipinski definition) is 3. The maximum atomic E-state index is 11.7. The largest absolute Gasteiger partial charge is 0.480 e. The molecule has 1 unspecified atom stereocenters. The van der Waals surface area contributed by atoms with Gasteiger partial charge in [0.1, 0.15) is 6.04 Å². The minimum Gasteiger partial charge on any atom is -0.480 e. The van der Waals surface area contributed by atoms with Crippen LogP contribution in [0.4, 0.5) is 0 Å². The van der Waals surface area contributed by atoms with E-state index in [0.29, 0.717) is 13.0 Å². The molecule has 0 rings (SSSR count). The molecule has 0 aliphatic carbocycles. The molecule has 0 aromatic rings. The smallest absolute Gasteiger partial charge is 0.321 e. The van der Waals surface area contributed by atoms with Gasteiger partial charge in [0.2, 0.25) is 0 Å². The van der Waals surface area contributed by atoms with Crippen LogP contribution in [0.15, 0.2) is 0 Å². The van der Waals surface area contributed by atoms with Crippen LogP contribution in [0.3, 0.4) is 0 Å². The van der Waals surface area contributed by atoms with Gasteiger partial charge < -0.3 is 9.84 Å². The van der Waals surface area contributed by atoms with Crippen LogP contribution >= 0.6 is 0 Å². The maximum Gasteiger partial charge on any atom is 0.321 e. The number of carbonyl (C=O) groups is 1. The van der Waals surface area contributed by atoms with Gasteiger partial charge in [-0.2, -0.15) is 17.9 Å². The third kappa shape index (κ3) is 8.40. The fourth-order valence-corrected chi connectivity index (χ4v) is 2.74. The molecule has 0 amide bonds. The van der Waals surface area contributed by atoms with Crippen LogP contribution in [0, 0.1) is 0 Å². The molecule has 0 aromatic carbocycles. The van der Waals surface area contributed by atoms with Gasteiger partial charge in [0.25, 0.3) is 10.2 Å². The van der Waals surface area contributed by atoms with E-state index in [1.54, 1.807) is 20.8 Å². The second-order valence-corrected chi connectivity index (χ2v) is 6.45. The van der Waals surface area contributed by atoms with Gasteiger partial charge in [0.05, 0.1) is 0 Å². The van der Waals surface area contributed by atoms with Gasteiger partial charge in [-0.05, 0) is 33.6 Å². The fourth-order valence-electron chi connectivity index (χ4n) is 1.28. The van der Waals surface area contributed by atoms with Crippen molar-refractivity contribution < 1.29 is 23.1 Å². The average Bonchev–Trinajstić information content (AvgIpc) is 2.12. The Morgan fingerprint density at radius 1 is 1.39 bits per heavy atom. The first kappa shape index (κ1) is 17.3. The lowest BCUT2D eigenvalue weighted by atomic mass is 10.1. The SMILES string of the molecule is COCCCC(NS(=O)(=O)NC(C)(C)C)C(=O)O. The van der Waals surface area contributed by atoms with Gasteiger partial charge in [0.15, 0.2) is 0 Å². The number of aliphatic carboxylic acids is 1. The molecule has 1 atom stereocenters. The molecule has 0 fully saturated rings. The molecule has 18 heavy (non-hydrogen) atoms. The third-order valence-electron chi connectivity index (χ3n) is 1.88. The number of carboxylic acid groups (broad SMARTS) is 1. The molecule has 0 aromatic heterocycles. The molecule has 0 heterocycles. The highest BCUT2D eigenvalue weighted by Crippen LogP contribution is 2.04. The summed E-state index contributed by atoms with van der Waals surface area (Å²) < 4.78 is 32.6. The number of nitrogens with one attached hydrogen (secondary N) is 2. The first-order valence-electron chi connectivity index (χ1n) is 5.60. The molecule has 7 nitrogen and oxygen atoms in total. The number of methoxy groups -OCH3 is 1. The highest BCUT2D eigenvalue weighted by atomic mass is 32.2. The second kappa shape index (κ2) is 7.03. The normalized spacial score (nSPS) is 14.4. The van der Waals surface area contributed by atoms with Crippen molar-refractivity contribution in [1.82, 2.24) is 9.44 Å². The molecule has 3 N–H and O–H groups in total. The Bertz CT molecular complexity index is 361. The van der Waals surface area contributed by atoms with E-state index in [0.717, 1.165) is 0 Å². The van der Waals surface area contributed by atoms with E-state index >= 15 is 0 Å². The van der Waals surface area contributed by atoms with Crippen molar-refractivity contribution in [3.63, 3.8) is 0 Å². The minimum absolute atomic E-state index is 0.175. The quantitative estimate of drug-likeness (QED) is 0.547. The van der Waals surface area contributed by atoms with E-state index in [1.165, 1.54) is 7.11 Å². The Morgan fingerprint density at radius 2 is 1.94 bits per heavy atom. The van der Waals surface area contributed by atoms with Crippen molar-refractivity contribution in [2.24, 2.45) is 0 Å². The summed E-state index contributed by atoms with van der Waals surface area (Å²) in [5.41, 5.74) is -0.665. The predicted octanol–water partition coefficient (Wildman–Crippen LogP) is 0.0887. The highest BCUT2D eigenvalue weighted by molar-refractivity contribution is 7.87. The van der Waals surface area contributed by atoms with Crippen LogP contribution in [-0.4, -0.2) is 44.8 Å². The van der Waals surface area contributed by atoms with Gasteiger partial charge >= 0.3 is 5.97 Å². The van der Waals surface area contributed by atoms with E-state index in [9.17, 15) is 13.2 Å². The lowest BCUT2D eigenvalue weighted by Crippen LogP contribution is -2.51. The molecular weight excluding hydrogens is 260 g/mol. The van der Waals surface area contributed by atoms with Crippen molar-refractivity contribution in [3.05, 3.63) is 0 Å². The Morgan fingerprint density at radius 3 is 2.33 bits per heavy atom. The van der Waals surface area contributed by atoms with Crippen LogP contribution in [0.25, 0.3) is 0 Å². The highest BCUT2D eigenvalue weighted by Gasteiger charge is 2.26. The fraction of sp³-hybridized carbons (Fsp3) is 0.900. The maximum absolute atomic E-state index is 11.7. The van der Waals surface area contributed by atoms with Crippen molar-refractivity contribution in [2.45, 2.75) is 45.2 Å². The number of carboxylic acids is 1. The summed E-state index contributed by atoms with van der Waals surface area (Å²) in [5, 5.41) is 8.94. The average molecular weight is 282 g/mol. The van der Waals surface area contributed by atoms with Crippen molar-refractivity contribution in [3.8, 4) is 0 Å². The second-order valence-electron chi connectivity index (χ2n) is 5.00. The first-order chi connectivity index (χ1) is 8.07. The standard InChI is InChI=1S/C10H22N2O5S/c1-10(2,3)12-18(15,16)11-8(9(13)14)6-5-7-17-4/h8,11-12H,5-7H2,1-4H3,(H,13,14). The molecule has 108 valence electrons. The van der Waals surface area contributed by atoms with E-state index in [2.05, 4.69) is 9.44 Å². The van der Waals surface area contributed by atoms with Gasteiger partial charge in [-0.25, -0.2) is 0 Å². The zero-order valence-electron chi connectivity index (χ0n) is 11.2. The zero-order valence-corrected chi connectivity index (χ0v) is 12.0. The minimum atomic E-state index is -3.84. The van der Waals surface area contributed by atoms with Crippen LogP contribution in [0.1, 0.15) is 33.6 Å². The van der Waals surface area contributed by atoms with Gasteiger partial charge in [-0.15, -0.1) is 0 Å². The van der Waals surface area contributed by atoms with Gasteiger partial charge in [-0.1, -0.05) is 0 Å². The molecule has 0 aliphatic rings. The number of ether oxygens (including phenoxy) is 1. The van der Waals surface area contributed by atoms with Crippen LogP contribution in [0.5, 0.6) is 0 Å². The Kier molecular flexibility index (Phi) is 6.76. The molecule has 0 radical (unpaired) electrons. The van der Waals surface area contributed by atoms with Crippen LogP contribution < -0.4 is 9.44 Å². The number of rotatable bonds is 8. The molecule has 0 spiro atoms. The lowest BCUT2D eigenvalue weighted by molar-refractivity contribution is -0.139. The summed E-state index contributed by atoms with van der Waals surface area (Å²) in [6.45, 7) is 5.41. The van der Waals surface area contributed by atoms with Crippen LogP contribution in [-0.2, 0) is 19.7 Å². The summed E-state index contributed by atoms with van der Waals surface area (Å²) in [5.74, 6) is -1.20. The summed E-state index contributed by atoms with van der Waals surface area (Å²) in [6.07, 6.45) is 0.639. The molecule has 0 bridgehead atoms. The lowest BCUT2D eigenvalue weighted by Gasteiger charge is -2.22. The molecule has 0 aliphatic heterocycles. The van der Waals surface area contributed by atoms with Crippen molar-refractivity contribution in [1.29, 1.82) is 0 Å². The molecular formula is C10H22N2O5S. The summed E-state index contributed by atoms with van der Waals surface area (Å²) in [7, 11) is -2.34. The van der Waals surface area contributed by atoms with E-state index in [-0.39, 0.29) is 6.42 Å². The molecule has 0 saturated carbocycles. The van der Waals surface area contributed by atoms with Gasteiger partial charge in [0, 0.05) is 19.3 Å². The van der Waals surface area contributed by atoms with Gasteiger partial charge in [-0.3, -0.25) is 4.79 Å². The van der Waals surface area contributed by atoms with E-state index in [1.807, 2.05) is 0 Å². The van der Waals surface area contributed by atoms with Crippen molar-refractivity contribution in [2.75, 3.05) is 13.7 Å². The Hall–Kier alpha value is -0.700. The zero-order chi connectivity index (χ0) is 14.4. The monoisotopic (exact) mass is 282 g/mol. The third-order valence-corrected chi connectivity index (χ3v) is 3.35. The van der Waals surface area contributed by atoms with E-state index < -0.39 is 27.8 Å². The predicted molar refractivity (Wildman–Crippen MR) is 67.5 cm³/mol. The van der Waals surface area contributed by atoms with E-state index in [4.69, 9.17) is 9.84 Å². The first-order valence-corrected chi connectivity index (χ1v) is 7.08. The Balaban J connectivity index is 4.53.